The maximum absolute atomic E-state index is 13.9. The van der Waals surface area contributed by atoms with Gasteiger partial charge in [0.05, 0.1) is 40.8 Å². The fraction of sp³-hybridized carbons (Fsp3) is 0.429. The molecule has 0 saturated carbocycles. The summed E-state index contributed by atoms with van der Waals surface area (Å²) in [5.41, 5.74) is -0.570. The predicted molar refractivity (Wildman–Crippen MR) is 150 cm³/mol. The van der Waals surface area contributed by atoms with Gasteiger partial charge in [-0.2, -0.15) is 0 Å². The average Bonchev–Trinajstić information content (AvgIpc) is 3.45. The highest BCUT2D eigenvalue weighted by atomic mass is 32.2. The van der Waals surface area contributed by atoms with Crippen LogP contribution >= 0.6 is 11.8 Å². The minimum atomic E-state index is -1.63. The van der Waals surface area contributed by atoms with Crippen molar-refractivity contribution < 1.29 is 38.3 Å². The van der Waals surface area contributed by atoms with Crippen LogP contribution < -0.4 is 0 Å². The summed E-state index contributed by atoms with van der Waals surface area (Å²) < 4.78 is 48.3. The number of thioether (sulfide) groups is 1. The van der Waals surface area contributed by atoms with Crippen LogP contribution in [0.1, 0.15) is 34.1 Å². The molecule has 2 aromatic heterocycles. The average molecular weight is 621 g/mol. The minimum absolute atomic E-state index is 0.0525. The summed E-state index contributed by atoms with van der Waals surface area (Å²) in [6.45, 7) is 4.74. The molecule has 11 nitrogen and oxygen atoms in total. The van der Waals surface area contributed by atoms with Gasteiger partial charge >= 0.3 is 0 Å². The lowest BCUT2D eigenvalue weighted by Crippen LogP contribution is -2.55. The van der Waals surface area contributed by atoms with E-state index in [0.29, 0.717) is 22.8 Å². The third-order valence-corrected chi connectivity index (χ3v) is 9.08. The molecule has 0 spiro atoms. The van der Waals surface area contributed by atoms with Crippen molar-refractivity contribution in [2.24, 2.45) is 0 Å². The molecule has 0 unspecified atom stereocenters. The Morgan fingerprint density at radius 3 is 2.26 bits per heavy atom. The van der Waals surface area contributed by atoms with Gasteiger partial charge in [-0.1, -0.05) is 5.21 Å². The molecule has 43 heavy (non-hydrogen) atoms. The monoisotopic (exact) mass is 620 g/mol. The Morgan fingerprint density at radius 1 is 1.00 bits per heavy atom. The molecular weight excluding hydrogens is 589 g/mol. The number of nitrogens with zero attached hydrogens (tertiary/aromatic N) is 6. The molecule has 1 saturated heterocycles. The van der Waals surface area contributed by atoms with E-state index < -0.39 is 64.7 Å². The van der Waals surface area contributed by atoms with Crippen molar-refractivity contribution in [3.05, 3.63) is 83.1 Å². The topological polar surface area (TPSA) is 150 Å². The maximum atomic E-state index is 13.9. The van der Waals surface area contributed by atoms with E-state index in [1.165, 1.54) is 6.20 Å². The van der Waals surface area contributed by atoms with Gasteiger partial charge in [-0.3, -0.25) is 9.97 Å². The third kappa shape index (κ3) is 5.92. The van der Waals surface area contributed by atoms with Crippen LogP contribution in [0.4, 0.5) is 13.2 Å². The fourth-order valence-corrected chi connectivity index (χ4v) is 6.54. The number of aliphatic hydroxyl groups is 4. The number of hydrogen-bond acceptors (Lipinski definition) is 11. The van der Waals surface area contributed by atoms with Gasteiger partial charge in [0.15, 0.2) is 17.5 Å². The summed E-state index contributed by atoms with van der Waals surface area (Å²) in [5, 5.41) is 51.4. The van der Waals surface area contributed by atoms with Crippen LogP contribution in [0.25, 0.3) is 11.3 Å². The highest BCUT2D eigenvalue weighted by Gasteiger charge is 2.49. The highest BCUT2D eigenvalue weighted by molar-refractivity contribution is 8.00. The number of halogens is 3. The molecule has 6 atom stereocenters. The Hall–Kier alpha value is -3.34. The molecule has 5 rings (SSSR count). The Balaban J connectivity index is 1.52. The Bertz CT molecular complexity index is 1530. The van der Waals surface area contributed by atoms with Gasteiger partial charge in [0.25, 0.3) is 0 Å². The normalized spacial score (nSPS) is 25.7. The van der Waals surface area contributed by atoms with Gasteiger partial charge < -0.3 is 30.1 Å². The lowest BCUT2D eigenvalue weighted by Gasteiger charge is -2.44. The van der Waals surface area contributed by atoms with Crippen LogP contribution in [0.15, 0.2) is 42.9 Å². The van der Waals surface area contributed by atoms with Crippen molar-refractivity contribution in [3.8, 4) is 11.3 Å². The van der Waals surface area contributed by atoms with Crippen molar-refractivity contribution in [1.82, 2.24) is 29.9 Å². The van der Waals surface area contributed by atoms with Crippen molar-refractivity contribution >= 4 is 11.8 Å². The molecular formula is C28H31F3N6O5S. The van der Waals surface area contributed by atoms with E-state index in [0.717, 1.165) is 28.6 Å². The minimum Gasteiger partial charge on any atom is -0.394 e. The van der Waals surface area contributed by atoms with Crippen molar-refractivity contribution in [2.45, 2.75) is 61.4 Å². The lowest BCUT2D eigenvalue weighted by atomic mass is 9.94. The second-order valence-electron chi connectivity index (χ2n) is 10.6. The second-order valence-corrected chi connectivity index (χ2v) is 11.8. The molecule has 4 heterocycles. The molecule has 1 aromatic carbocycles. The molecule has 3 aromatic rings. The molecule has 1 fully saturated rings. The van der Waals surface area contributed by atoms with E-state index in [1.54, 1.807) is 50.3 Å². The van der Waals surface area contributed by atoms with Crippen molar-refractivity contribution in [1.29, 1.82) is 0 Å². The largest absolute Gasteiger partial charge is 0.394 e. The Labute approximate surface area is 249 Å². The third-order valence-electron chi connectivity index (χ3n) is 7.55. The molecule has 4 N–H and O–H groups in total. The van der Waals surface area contributed by atoms with Gasteiger partial charge in [0.2, 0.25) is 0 Å². The fourth-order valence-electron chi connectivity index (χ4n) is 5.01. The van der Waals surface area contributed by atoms with Gasteiger partial charge in [-0.25, -0.2) is 17.9 Å². The van der Waals surface area contributed by atoms with Crippen molar-refractivity contribution in [2.75, 3.05) is 13.7 Å². The Kier molecular flexibility index (Phi) is 8.66. The maximum Gasteiger partial charge on any atom is 0.194 e. The number of aliphatic hydroxyl groups excluding tert-OH is 3. The number of hydrogen-bond donors (Lipinski definition) is 4. The quantitative estimate of drug-likeness (QED) is 0.288. The molecule has 15 heteroatoms. The molecule has 230 valence electrons. The van der Waals surface area contributed by atoms with Crippen LogP contribution in [0.2, 0.25) is 0 Å². The lowest BCUT2D eigenvalue weighted by molar-refractivity contribution is -0.178. The zero-order chi connectivity index (χ0) is 31.2. The standard InChI is InChI=1S/C28H31F3N6O5S/c1-13-14(2)33-22(15(3)32-13)26(28(41)5-7-36(4)8-6-28)43-27-25(40)23(24(39)20(12-38)42-27)37-11-19(34-35-37)16-9-17(29)21(31)18(30)10-16/h5-11,20,23-27,38-41H,12H2,1-4H3/t20-,23+,24+,25-,26-,27+/m1/s1. The van der Waals surface area contributed by atoms with Crippen LogP contribution in [-0.4, -0.2) is 93.3 Å². The van der Waals surface area contributed by atoms with Gasteiger partial charge in [0, 0.05) is 25.0 Å². The molecule has 2 aliphatic heterocycles. The predicted octanol–water partition coefficient (Wildman–Crippen LogP) is 2.24. The van der Waals surface area contributed by atoms with Crippen LogP contribution in [0.5, 0.6) is 0 Å². The second kappa shape index (κ2) is 12.0. The van der Waals surface area contributed by atoms with E-state index in [1.807, 2.05) is 6.92 Å². The smallest absolute Gasteiger partial charge is 0.194 e. The first-order chi connectivity index (χ1) is 20.3. The van der Waals surface area contributed by atoms with Gasteiger partial charge in [0.1, 0.15) is 41.1 Å². The summed E-state index contributed by atoms with van der Waals surface area (Å²) >= 11 is 1.02. The number of benzene rings is 1. The number of ether oxygens (including phenoxy) is 1. The first kappa shape index (κ1) is 31.1. The SMILES string of the molecule is Cc1nc(C)c([C@@H](S[C@@H]2O[C@H](CO)[C@H](O)[C@H](n3cc(-c4cc(F)c(F)c(F)c4)nn3)[C@H]2O)C2(O)C=CN(C)C=C2)nc1C. The molecule has 0 radical (unpaired) electrons. The zero-order valence-corrected chi connectivity index (χ0v) is 24.5. The van der Waals surface area contributed by atoms with Crippen molar-refractivity contribution in [3.63, 3.8) is 0 Å². The highest BCUT2D eigenvalue weighted by Crippen LogP contribution is 2.48. The molecule has 2 aliphatic rings. The van der Waals surface area contributed by atoms with E-state index >= 15 is 0 Å². The summed E-state index contributed by atoms with van der Waals surface area (Å²) in [7, 11) is 1.79. The summed E-state index contributed by atoms with van der Waals surface area (Å²) in [5.74, 6) is -4.47. The summed E-state index contributed by atoms with van der Waals surface area (Å²) in [6.07, 6.45) is 3.58. The molecule has 0 amide bonds. The summed E-state index contributed by atoms with van der Waals surface area (Å²) in [6, 6.07) is 0.254. The first-order valence-electron chi connectivity index (χ1n) is 13.3. The Morgan fingerprint density at radius 2 is 1.63 bits per heavy atom. The van der Waals surface area contributed by atoms with Crippen LogP contribution in [0, 0.1) is 38.2 Å². The van der Waals surface area contributed by atoms with Gasteiger partial charge in [-0.15, -0.1) is 16.9 Å². The van der Waals surface area contributed by atoms with E-state index in [-0.39, 0.29) is 11.3 Å². The zero-order valence-electron chi connectivity index (χ0n) is 23.6. The molecule has 0 aliphatic carbocycles. The van der Waals surface area contributed by atoms with E-state index in [9.17, 15) is 33.6 Å². The van der Waals surface area contributed by atoms with E-state index in [4.69, 9.17) is 9.72 Å². The van der Waals surface area contributed by atoms with Crippen LogP contribution in [0.3, 0.4) is 0 Å². The number of aryl methyl sites for hydroxylation is 3. The van der Waals surface area contributed by atoms with Crippen LogP contribution in [-0.2, 0) is 4.74 Å². The van der Waals surface area contributed by atoms with Gasteiger partial charge in [-0.05, 0) is 45.1 Å². The molecule has 0 bridgehead atoms. The number of rotatable bonds is 7. The van der Waals surface area contributed by atoms with E-state index in [2.05, 4.69) is 15.3 Å². The number of aromatic nitrogens is 5. The summed E-state index contributed by atoms with van der Waals surface area (Å²) in [4.78, 5) is 11.0. The first-order valence-corrected chi connectivity index (χ1v) is 14.3.